The van der Waals surface area contributed by atoms with Gasteiger partial charge in [0.2, 0.25) is 5.91 Å². The van der Waals surface area contributed by atoms with E-state index in [1.165, 1.54) is 24.5 Å². The molecule has 1 saturated heterocycles. The van der Waals surface area contributed by atoms with E-state index in [-0.39, 0.29) is 26.9 Å². The topological polar surface area (TPSA) is 71.0 Å². The first-order chi connectivity index (χ1) is 14.5. The second-order valence-corrected chi connectivity index (χ2v) is 8.71. The molecule has 1 amide bonds. The fourth-order valence-corrected chi connectivity index (χ4v) is 4.57. The minimum Gasteiger partial charge on any atom is -0.338 e. The Labute approximate surface area is 186 Å². The largest absolute Gasteiger partial charge is 0.338 e. The maximum atomic E-state index is 14.4. The maximum Gasteiger partial charge on any atom is 0.245 e. The van der Waals surface area contributed by atoms with Crippen molar-refractivity contribution >= 4 is 63.4 Å². The first-order valence-corrected chi connectivity index (χ1v) is 10.7. The van der Waals surface area contributed by atoms with Crippen LogP contribution >= 0.6 is 35.0 Å². The summed E-state index contributed by atoms with van der Waals surface area (Å²) in [5, 5.41) is 3.90. The number of thioether (sulfide) groups is 1. The number of hydrogen-bond acceptors (Lipinski definition) is 6. The zero-order valence-electron chi connectivity index (χ0n) is 15.6. The van der Waals surface area contributed by atoms with E-state index < -0.39 is 5.82 Å². The summed E-state index contributed by atoms with van der Waals surface area (Å²) >= 11 is 13.3. The number of rotatable bonds is 5. The zero-order valence-corrected chi connectivity index (χ0v) is 17.9. The molecule has 1 fully saturated rings. The van der Waals surface area contributed by atoms with Crippen LogP contribution in [0.5, 0.6) is 0 Å². The van der Waals surface area contributed by atoms with Gasteiger partial charge in [0.05, 0.1) is 26.3 Å². The van der Waals surface area contributed by atoms with Crippen molar-refractivity contribution in [3.05, 3.63) is 59.1 Å². The number of amides is 1. The van der Waals surface area contributed by atoms with Crippen molar-refractivity contribution in [1.29, 1.82) is 0 Å². The molecule has 30 heavy (non-hydrogen) atoms. The highest BCUT2D eigenvalue weighted by Crippen LogP contribution is 2.34. The number of fused-ring (bicyclic) bond motifs is 1. The monoisotopic (exact) mass is 463 g/mol. The van der Waals surface area contributed by atoms with Crippen LogP contribution in [-0.4, -0.2) is 44.1 Å². The Balaban J connectivity index is 1.59. The molecule has 6 nitrogen and oxygen atoms in total. The number of nitrogens with one attached hydrogen (secondary N) is 1. The highest BCUT2D eigenvalue weighted by atomic mass is 35.5. The SMILES string of the molecule is C=CC(=O)N1CCC(Sc2ccc3ncnc(Nc4ccc(Cl)c(Cl)c4F)c3n2)C1. The van der Waals surface area contributed by atoms with Crippen LogP contribution in [0.15, 0.2) is 48.3 Å². The van der Waals surface area contributed by atoms with Gasteiger partial charge in [-0.25, -0.2) is 19.3 Å². The fourth-order valence-electron chi connectivity index (χ4n) is 3.15. The smallest absolute Gasteiger partial charge is 0.245 e. The van der Waals surface area contributed by atoms with Gasteiger partial charge in [-0.1, -0.05) is 29.8 Å². The average molecular weight is 464 g/mol. The van der Waals surface area contributed by atoms with E-state index in [4.69, 9.17) is 23.2 Å². The van der Waals surface area contributed by atoms with Crippen LogP contribution < -0.4 is 5.32 Å². The third kappa shape index (κ3) is 4.21. The molecule has 1 atom stereocenters. The molecule has 4 rings (SSSR count). The molecule has 1 aromatic carbocycles. The molecule has 0 bridgehead atoms. The predicted octanol–water partition coefficient (Wildman–Crippen LogP) is 5.09. The molecule has 154 valence electrons. The molecule has 0 spiro atoms. The van der Waals surface area contributed by atoms with E-state index in [1.54, 1.807) is 16.7 Å². The van der Waals surface area contributed by atoms with Gasteiger partial charge >= 0.3 is 0 Å². The first kappa shape index (κ1) is 20.8. The number of halogens is 3. The Morgan fingerprint density at radius 2 is 2.13 bits per heavy atom. The van der Waals surface area contributed by atoms with E-state index in [0.29, 0.717) is 29.9 Å². The van der Waals surface area contributed by atoms with Gasteiger partial charge in [-0.3, -0.25) is 4.79 Å². The van der Waals surface area contributed by atoms with E-state index in [2.05, 4.69) is 26.8 Å². The lowest BCUT2D eigenvalue weighted by atomic mass is 10.3. The van der Waals surface area contributed by atoms with Gasteiger partial charge in [-0.15, -0.1) is 11.8 Å². The summed E-state index contributed by atoms with van der Waals surface area (Å²) in [6.45, 7) is 4.87. The van der Waals surface area contributed by atoms with Crippen molar-refractivity contribution in [1.82, 2.24) is 19.9 Å². The third-order valence-corrected chi connectivity index (χ3v) is 6.63. The summed E-state index contributed by atoms with van der Waals surface area (Å²) in [7, 11) is 0. The molecule has 0 aliphatic carbocycles. The Hall–Kier alpha value is -2.42. The molecule has 1 N–H and O–H groups in total. The van der Waals surface area contributed by atoms with Crippen molar-refractivity contribution < 1.29 is 9.18 Å². The quantitative estimate of drug-likeness (QED) is 0.419. The van der Waals surface area contributed by atoms with Crippen molar-refractivity contribution in [3.8, 4) is 0 Å². The Bertz CT molecular complexity index is 1150. The van der Waals surface area contributed by atoms with Crippen molar-refractivity contribution in [2.24, 2.45) is 0 Å². The lowest BCUT2D eigenvalue weighted by molar-refractivity contribution is -0.124. The molecule has 10 heteroatoms. The minimum absolute atomic E-state index is 0.0619. The van der Waals surface area contributed by atoms with Crippen molar-refractivity contribution in [2.75, 3.05) is 18.4 Å². The first-order valence-electron chi connectivity index (χ1n) is 9.06. The summed E-state index contributed by atoms with van der Waals surface area (Å²) in [4.78, 5) is 26.7. The van der Waals surface area contributed by atoms with Crippen LogP contribution in [0.2, 0.25) is 10.0 Å². The number of nitrogens with zero attached hydrogens (tertiary/aromatic N) is 4. The molecule has 1 aliphatic rings. The second kappa shape index (κ2) is 8.75. The van der Waals surface area contributed by atoms with Gasteiger partial charge in [0.25, 0.3) is 0 Å². The molecular weight excluding hydrogens is 448 g/mol. The maximum absolute atomic E-state index is 14.4. The van der Waals surface area contributed by atoms with Gasteiger partial charge in [0.1, 0.15) is 11.8 Å². The van der Waals surface area contributed by atoms with Crippen molar-refractivity contribution in [3.63, 3.8) is 0 Å². The average Bonchev–Trinajstić information content (AvgIpc) is 3.22. The fraction of sp³-hybridized carbons (Fsp3) is 0.200. The van der Waals surface area contributed by atoms with Gasteiger partial charge in [0.15, 0.2) is 11.6 Å². The number of carbonyl (C=O) groups is 1. The third-order valence-electron chi connectivity index (χ3n) is 4.66. The molecule has 3 aromatic rings. The van der Waals surface area contributed by atoms with Crippen molar-refractivity contribution in [2.45, 2.75) is 16.7 Å². The summed E-state index contributed by atoms with van der Waals surface area (Å²) in [6.07, 6.45) is 3.58. The summed E-state index contributed by atoms with van der Waals surface area (Å²) in [5.41, 5.74) is 1.26. The number of benzene rings is 1. The molecule has 1 aliphatic heterocycles. The number of hydrogen-bond donors (Lipinski definition) is 1. The van der Waals surface area contributed by atoms with Crippen LogP contribution in [0.1, 0.15) is 6.42 Å². The molecule has 1 unspecified atom stereocenters. The second-order valence-electron chi connectivity index (χ2n) is 6.60. The van der Waals surface area contributed by atoms with Crippen LogP contribution in [-0.2, 0) is 4.79 Å². The molecule has 0 saturated carbocycles. The highest BCUT2D eigenvalue weighted by Gasteiger charge is 2.26. The molecule has 2 aromatic heterocycles. The summed E-state index contributed by atoms with van der Waals surface area (Å²) < 4.78 is 14.4. The number of pyridine rings is 1. The van der Waals surface area contributed by atoms with Gasteiger partial charge in [-0.05, 0) is 36.8 Å². The summed E-state index contributed by atoms with van der Waals surface area (Å²) in [5.74, 6) is -0.373. The highest BCUT2D eigenvalue weighted by molar-refractivity contribution is 7.99. The Morgan fingerprint density at radius 3 is 2.93 bits per heavy atom. The van der Waals surface area contributed by atoms with E-state index >= 15 is 0 Å². The van der Waals surface area contributed by atoms with E-state index in [0.717, 1.165) is 11.4 Å². The van der Waals surface area contributed by atoms with Gasteiger partial charge < -0.3 is 10.2 Å². The Morgan fingerprint density at radius 1 is 1.30 bits per heavy atom. The van der Waals surface area contributed by atoms with E-state index in [1.807, 2.05) is 12.1 Å². The molecular formula is C20H16Cl2FN5OS. The van der Waals surface area contributed by atoms with Gasteiger partial charge in [-0.2, -0.15) is 0 Å². The minimum atomic E-state index is -0.667. The standard InChI is InChI=1S/C20H16Cl2FN5OS/c1-2-16(29)28-8-7-11(9-28)30-15-6-5-14-19(27-15)20(25-10-24-14)26-13-4-3-12(21)17(22)18(13)23/h2-6,10-11H,1,7-9H2,(H,24,25,26). The van der Waals surface area contributed by atoms with Crippen LogP contribution in [0, 0.1) is 5.82 Å². The van der Waals surface area contributed by atoms with Crippen LogP contribution in [0.4, 0.5) is 15.9 Å². The molecule has 0 radical (unpaired) electrons. The zero-order chi connectivity index (χ0) is 21.3. The number of carbonyl (C=O) groups excluding carboxylic acids is 1. The lowest BCUT2D eigenvalue weighted by Crippen LogP contribution is -2.27. The number of anilines is 2. The number of likely N-dealkylation sites (tertiary alicyclic amines) is 1. The van der Waals surface area contributed by atoms with Crippen LogP contribution in [0.25, 0.3) is 11.0 Å². The summed E-state index contributed by atoms with van der Waals surface area (Å²) in [6, 6.07) is 6.70. The predicted molar refractivity (Wildman–Crippen MR) is 118 cm³/mol. The Kier molecular flexibility index (Phi) is 6.08. The number of aromatic nitrogens is 3. The van der Waals surface area contributed by atoms with E-state index in [9.17, 15) is 9.18 Å². The molecule has 3 heterocycles. The van der Waals surface area contributed by atoms with Gasteiger partial charge in [0, 0.05) is 18.3 Å². The normalized spacial score (nSPS) is 16.1. The lowest BCUT2D eigenvalue weighted by Gasteiger charge is -2.14. The van der Waals surface area contributed by atoms with Crippen LogP contribution in [0.3, 0.4) is 0 Å².